The molecular formula is C18H18N2O2. The number of pyridine rings is 1. The summed E-state index contributed by atoms with van der Waals surface area (Å²) < 4.78 is 0. The number of phenols is 2. The van der Waals surface area contributed by atoms with Crippen molar-refractivity contribution in [2.75, 3.05) is 5.73 Å². The van der Waals surface area contributed by atoms with Gasteiger partial charge in [-0.05, 0) is 47.4 Å². The highest BCUT2D eigenvalue weighted by molar-refractivity contribution is 5.86. The first-order valence-corrected chi connectivity index (χ1v) is 7.17. The molecule has 0 unspecified atom stereocenters. The molecule has 0 atom stereocenters. The number of aromatic hydroxyl groups is 2. The molecule has 0 bridgehead atoms. The van der Waals surface area contributed by atoms with Gasteiger partial charge in [-0.1, -0.05) is 19.9 Å². The van der Waals surface area contributed by atoms with Crippen LogP contribution in [0.1, 0.15) is 25.3 Å². The van der Waals surface area contributed by atoms with E-state index in [0.29, 0.717) is 11.3 Å². The number of nitrogen functional groups attached to an aromatic ring is 1. The lowest BCUT2D eigenvalue weighted by molar-refractivity contribution is 0.434. The molecule has 0 aliphatic rings. The van der Waals surface area contributed by atoms with E-state index in [9.17, 15) is 10.2 Å². The Balaban J connectivity index is 2.15. The average molecular weight is 294 g/mol. The van der Waals surface area contributed by atoms with Gasteiger partial charge in [0.2, 0.25) is 0 Å². The maximum Gasteiger partial charge on any atom is 0.123 e. The Bertz CT molecular complexity index is 834. The summed E-state index contributed by atoms with van der Waals surface area (Å²) in [4.78, 5) is 4.26. The molecule has 0 saturated carbocycles. The van der Waals surface area contributed by atoms with Crippen LogP contribution in [0.2, 0.25) is 0 Å². The largest absolute Gasteiger partial charge is 0.507 e. The summed E-state index contributed by atoms with van der Waals surface area (Å²) in [5, 5.41) is 21.3. The van der Waals surface area contributed by atoms with E-state index in [1.807, 2.05) is 38.1 Å². The van der Waals surface area contributed by atoms with E-state index in [1.165, 1.54) is 0 Å². The molecule has 0 aliphatic heterocycles. The molecule has 4 nitrogen and oxygen atoms in total. The van der Waals surface area contributed by atoms with E-state index >= 15 is 0 Å². The predicted molar refractivity (Wildman–Crippen MR) is 89.0 cm³/mol. The molecule has 0 radical (unpaired) electrons. The number of nitrogens with two attached hydrogens (primary N) is 1. The van der Waals surface area contributed by atoms with Crippen molar-refractivity contribution in [3.63, 3.8) is 0 Å². The summed E-state index contributed by atoms with van der Waals surface area (Å²) in [5.74, 6) is 0.265. The van der Waals surface area contributed by atoms with Gasteiger partial charge >= 0.3 is 0 Å². The summed E-state index contributed by atoms with van der Waals surface area (Å²) in [6, 6.07) is 11.0. The molecule has 2 aromatic carbocycles. The molecule has 4 heteroatoms. The molecule has 3 aromatic rings. The van der Waals surface area contributed by atoms with Crippen LogP contribution in [0.5, 0.6) is 11.5 Å². The lowest BCUT2D eigenvalue weighted by Gasteiger charge is -2.13. The summed E-state index contributed by atoms with van der Waals surface area (Å²) in [7, 11) is 0. The highest BCUT2D eigenvalue weighted by Gasteiger charge is 2.14. The normalized spacial score (nSPS) is 11.2. The van der Waals surface area contributed by atoms with Crippen molar-refractivity contribution in [2.24, 2.45) is 0 Å². The number of benzene rings is 2. The molecule has 22 heavy (non-hydrogen) atoms. The number of anilines is 1. The van der Waals surface area contributed by atoms with E-state index in [-0.39, 0.29) is 17.4 Å². The smallest absolute Gasteiger partial charge is 0.123 e. The van der Waals surface area contributed by atoms with Crippen molar-refractivity contribution in [1.29, 1.82) is 0 Å². The monoisotopic (exact) mass is 294 g/mol. The molecular weight excluding hydrogens is 276 g/mol. The van der Waals surface area contributed by atoms with E-state index < -0.39 is 0 Å². The van der Waals surface area contributed by atoms with Crippen molar-refractivity contribution < 1.29 is 10.2 Å². The first-order valence-electron chi connectivity index (χ1n) is 7.17. The Hall–Kier alpha value is -2.75. The van der Waals surface area contributed by atoms with Crippen LogP contribution in [-0.2, 0) is 0 Å². The molecule has 112 valence electrons. The van der Waals surface area contributed by atoms with Crippen molar-refractivity contribution in [3.05, 3.63) is 48.2 Å². The predicted octanol–water partition coefficient (Wildman–Crippen LogP) is 4.02. The lowest BCUT2D eigenvalue weighted by Crippen LogP contribution is -1.91. The van der Waals surface area contributed by atoms with Gasteiger partial charge in [0.1, 0.15) is 11.5 Å². The number of nitrogens with zero attached hydrogens (tertiary/aromatic N) is 1. The van der Waals surface area contributed by atoms with E-state index in [2.05, 4.69) is 4.98 Å². The molecule has 0 saturated heterocycles. The van der Waals surface area contributed by atoms with Crippen LogP contribution in [0.4, 0.5) is 5.69 Å². The summed E-state index contributed by atoms with van der Waals surface area (Å²) >= 11 is 0. The van der Waals surface area contributed by atoms with Gasteiger partial charge in [0, 0.05) is 10.9 Å². The van der Waals surface area contributed by atoms with Crippen LogP contribution in [0.25, 0.3) is 22.0 Å². The van der Waals surface area contributed by atoms with E-state index in [1.54, 1.807) is 18.3 Å². The van der Waals surface area contributed by atoms with Gasteiger partial charge in [-0.15, -0.1) is 0 Å². The second-order valence-corrected chi connectivity index (χ2v) is 5.76. The van der Waals surface area contributed by atoms with Gasteiger partial charge in [0.25, 0.3) is 0 Å². The molecule has 1 heterocycles. The Morgan fingerprint density at radius 1 is 0.955 bits per heavy atom. The number of hydrogen-bond donors (Lipinski definition) is 3. The Labute approximate surface area is 128 Å². The quantitative estimate of drug-likeness (QED) is 0.667. The average Bonchev–Trinajstić information content (AvgIpc) is 2.45. The third-order valence-corrected chi connectivity index (χ3v) is 3.75. The second kappa shape index (κ2) is 5.22. The number of aromatic nitrogens is 1. The maximum atomic E-state index is 10.2. The van der Waals surface area contributed by atoms with Crippen LogP contribution >= 0.6 is 0 Å². The van der Waals surface area contributed by atoms with Gasteiger partial charge in [0.15, 0.2) is 0 Å². The lowest BCUT2D eigenvalue weighted by atomic mass is 9.95. The fraction of sp³-hybridized carbons (Fsp3) is 0.167. The number of rotatable bonds is 2. The van der Waals surface area contributed by atoms with Crippen LogP contribution in [0.3, 0.4) is 0 Å². The van der Waals surface area contributed by atoms with Crippen LogP contribution in [0.15, 0.2) is 42.6 Å². The van der Waals surface area contributed by atoms with Gasteiger partial charge in [-0.3, -0.25) is 4.98 Å². The zero-order valence-corrected chi connectivity index (χ0v) is 12.5. The van der Waals surface area contributed by atoms with Crippen molar-refractivity contribution in [3.8, 4) is 22.6 Å². The zero-order chi connectivity index (χ0) is 15.9. The number of hydrogen-bond acceptors (Lipinski definition) is 4. The van der Waals surface area contributed by atoms with E-state index in [4.69, 9.17) is 5.73 Å². The van der Waals surface area contributed by atoms with Crippen molar-refractivity contribution >= 4 is 16.6 Å². The van der Waals surface area contributed by atoms with Crippen molar-refractivity contribution in [1.82, 2.24) is 4.98 Å². The Morgan fingerprint density at radius 2 is 1.64 bits per heavy atom. The minimum Gasteiger partial charge on any atom is -0.507 e. The first kappa shape index (κ1) is 14.2. The zero-order valence-electron chi connectivity index (χ0n) is 12.5. The first-order chi connectivity index (χ1) is 10.5. The summed E-state index contributed by atoms with van der Waals surface area (Å²) in [6.45, 7) is 3.86. The third kappa shape index (κ3) is 2.44. The highest BCUT2D eigenvalue weighted by Crippen LogP contribution is 2.38. The molecule has 0 fully saturated rings. The van der Waals surface area contributed by atoms with Gasteiger partial charge in [-0.25, -0.2) is 0 Å². The fourth-order valence-electron chi connectivity index (χ4n) is 2.71. The van der Waals surface area contributed by atoms with E-state index in [0.717, 1.165) is 22.0 Å². The maximum absolute atomic E-state index is 10.2. The molecule has 3 rings (SSSR count). The van der Waals surface area contributed by atoms with Crippen LogP contribution < -0.4 is 5.73 Å². The summed E-state index contributed by atoms with van der Waals surface area (Å²) in [5.41, 5.74) is 9.43. The number of fused-ring (bicyclic) bond motifs is 1. The molecule has 4 N–H and O–H groups in total. The molecule has 1 aromatic heterocycles. The number of phenolic OH excluding ortho intramolecular Hbond substituents is 2. The molecule has 0 aliphatic carbocycles. The van der Waals surface area contributed by atoms with Crippen molar-refractivity contribution in [2.45, 2.75) is 19.8 Å². The molecule has 0 spiro atoms. The van der Waals surface area contributed by atoms with Gasteiger partial charge in [0.05, 0.1) is 17.4 Å². The van der Waals surface area contributed by atoms with Gasteiger partial charge < -0.3 is 15.9 Å². The third-order valence-electron chi connectivity index (χ3n) is 3.75. The second-order valence-electron chi connectivity index (χ2n) is 5.76. The summed E-state index contributed by atoms with van der Waals surface area (Å²) in [6.07, 6.45) is 1.62. The standard InChI is InChI=1S/C18H18N2O2/c1-10(2)18-16(21)7-12(8-17(18)22)11-3-4-15-13(5-11)6-14(19)9-20-15/h3-10,21-22H,19H2,1-2H3. The van der Waals surface area contributed by atoms with Gasteiger partial charge in [-0.2, -0.15) is 0 Å². The molecule has 0 amide bonds. The Morgan fingerprint density at radius 3 is 2.27 bits per heavy atom. The minimum absolute atomic E-state index is 0.0506. The SMILES string of the molecule is CC(C)c1c(O)cc(-c2ccc3ncc(N)cc3c2)cc1O. The highest BCUT2D eigenvalue weighted by atomic mass is 16.3. The topological polar surface area (TPSA) is 79.4 Å². The Kier molecular flexibility index (Phi) is 3.37. The van der Waals surface area contributed by atoms with Crippen LogP contribution in [-0.4, -0.2) is 15.2 Å². The fourth-order valence-corrected chi connectivity index (χ4v) is 2.71. The minimum atomic E-state index is 0.0506. The van der Waals surface area contributed by atoms with Crippen LogP contribution in [0, 0.1) is 0 Å².